The highest BCUT2D eigenvalue weighted by Gasteiger charge is 2.17. The van der Waals surface area contributed by atoms with Crippen molar-refractivity contribution >= 4 is 21.4 Å². The molecule has 0 aliphatic carbocycles. The van der Waals surface area contributed by atoms with Gasteiger partial charge >= 0.3 is 0 Å². The lowest BCUT2D eigenvalue weighted by Crippen LogP contribution is -2.19. The zero-order chi connectivity index (χ0) is 32.5. The van der Waals surface area contributed by atoms with Crippen LogP contribution >= 0.6 is 11.3 Å². The van der Waals surface area contributed by atoms with Crippen LogP contribution in [0.5, 0.6) is 0 Å². The fourth-order valence-corrected chi connectivity index (χ4v) is 5.17. The molecule has 0 bridgehead atoms. The maximum Gasteiger partial charge on any atom is 0.0950 e. The molecule has 4 heterocycles. The van der Waals surface area contributed by atoms with E-state index >= 15 is 0 Å². The molecule has 0 N–H and O–H groups in total. The molecule has 1 aromatic carbocycles. The van der Waals surface area contributed by atoms with E-state index in [-0.39, 0.29) is 21.8 Å². The third-order valence-corrected chi connectivity index (χ3v) is 7.80. The number of nitrogens with zero attached hydrogens (tertiary/aromatic N) is 4. The Labute approximate surface area is 265 Å². The van der Waals surface area contributed by atoms with Crippen LogP contribution in [0.4, 0.5) is 0 Å². The average molecular weight is 599 g/mol. The molecule has 0 saturated carbocycles. The highest BCUT2D eigenvalue weighted by Crippen LogP contribution is 2.34. The molecule has 43 heavy (non-hydrogen) atoms. The van der Waals surface area contributed by atoms with Crippen molar-refractivity contribution in [2.75, 3.05) is 0 Å². The van der Waals surface area contributed by atoms with Crippen LogP contribution in [0.3, 0.4) is 0 Å². The van der Waals surface area contributed by atoms with Gasteiger partial charge in [-0.25, -0.2) is 4.98 Å². The first-order chi connectivity index (χ1) is 19.8. The molecule has 5 rings (SSSR count). The van der Waals surface area contributed by atoms with Crippen molar-refractivity contribution in [3.05, 3.63) is 114 Å². The molecule has 5 heteroatoms. The highest BCUT2D eigenvalue weighted by atomic mass is 32.1. The number of aromatic nitrogens is 4. The summed E-state index contributed by atoms with van der Waals surface area (Å²) in [6, 6.07) is 14.9. The third-order valence-electron chi connectivity index (χ3n) is 6.84. The van der Waals surface area contributed by atoms with Crippen LogP contribution in [0.2, 0.25) is 0 Å². The quantitative estimate of drug-likeness (QED) is 0.178. The minimum atomic E-state index is 0.177. The summed E-state index contributed by atoms with van der Waals surface area (Å²) in [5, 5.41) is 3.70. The Kier molecular flexibility index (Phi) is 12.5. The van der Waals surface area contributed by atoms with Crippen LogP contribution in [0.25, 0.3) is 10.1 Å². The molecule has 0 fully saturated rings. The van der Waals surface area contributed by atoms with Crippen molar-refractivity contribution in [2.45, 2.75) is 112 Å². The van der Waals surface area contributed by atoms with E-state index in [1.54, 1.807) is 12.4 Å². The molecule has 4 aromatic heterocycles. The molecule has 0 amide bonds. The van der Waals surface area contributed by atoms with Gasteiger partial charge in [0.2, 0.25) is 0 Å². The van der Waals surface area contributed by atoms with E-state index < -0.39 is 0 Å². The minimum absolute atomic E-state index is 0.177. The molecule has 5 aromatic rings. The molecule has 4 nitrogen and oxygen atoms in total. The van der Waals surface area contributed by atoms with Gasteiger partial charge in [-0.05, 0) is 89.1 Å². The van der Waals surface area contributed by atoms with Gasteiger partial charge in [-0.1, -0.05) is 92.6 Å². The summed E-state index contributed by atoms with van der Waals surface area (Å²) in [7, 11) is 0. The summed E-state index contributed by atoms with van der Waals surface area (Å²) >= 11 is 1.84. The summed E-state index contributed by atoms with van der Waals surface area (Å²) in [5.74, 6) is 0. The number of hydrogen-bond acceptors (Lipinski definition) is 4. The van der Waals surface area contributed by atoms with Crippen LogP contribution in [0.1, 0.15) is 105 Å². The van der Waals surface area contributed by atoms with E-state index in [0.717, 1.165) is 0 Å². The van der Waals surface area contributed by atoms with Crippen molar-refractivity contribution < 1.29 is 0 Å². The van der Waals surface area contributed by atoms with Crippen molar-refractivity contribution in [1.82, 2.24) is 19.5 Å². The molecule has 0 atom stereocenters. The Morgan fingerprint density at radius 3 is 1.67 bits per heavy atom. The topological polar surface area (TPSA) is 43.6 Å². The summed E-state index contributed by atoms with van der Waals surface area (Å²) in [6.07, 6.45) is 13.1. The Morgan fingerprint density at radius 2 is 1.26 bits per heavy atom. The third kappa shape index (κ3) is 12.1. The summed E-state index contributed by atoms with van der Waals surface area (Å²) < 4.78 is 3.47. The molecule has 232 valence electrons. The fourth-order valence-electron chi connectivity index (χ4n) is 3.99. The number of thiophene rings is 1. The molecular formula is C38H54N4S. The maximum atomic E-state index is 4.15. The van der Waals surface area contributed by atoms with Gasteiger partial charge in [-0.2, -0.15) is 0 Å². The summed E-state index contributed by atoms with van der Waals surface area (Å²) in [5.41, 5.74) is 6.18. The monoisotopic (exact) mass is 598 g/mol. The number of hydrogen-bond donors (Lipinski definition) is 0. The van der Waals surface area contributed by atoms with Gasteiger partial charge in [-0.15, -0.1) is 11.3 Å². The van der Waals surface area contributed by atoms with Crippen molar-refractivity contribution in [3.63, 3.8) is 0 Å². The van der Waals surface area contributed by atoms with Gasteiger partial charge in [0.05, 0.1) is 6.33 Å². The summed E-state index contributed by atoms with van der Waals surface area (Å²) in [6.45, 7) is 28.5. The maximum absolute atomic E-state index is 4.15. The van der Waals surface area contributed by atoms with Gasteiger partial charge in [0, 0.05) is 47.4 Å². The fraction of sp³-hybridized carbons (Fsp3) is 0.447. The van der Waals surface area contributed by atoms with Gasteiger partial charge in [0.25, 0.3) is 0 Å². The van der Waals surface area contributed by atoms with Crippen LogP contribution < -0.4 is 0 Å². The smallest absolute Gasteiger partial charge is 0.0950 e. The number of rotatable bonds is 0. The molecule has 0 saturated heterocycles. The van der Waals surface area contributed by atoms with E-state index in [1.165, 1.54) is 32.3 Å². The van der Waals surface area contributed by atoms with Crippen LogP contribution in [0, 0.1) is 6.92 Å². The number of aryl methyl sites for hydroxylation is 1. The number of imidazole rings is 1. The largest absolute Gasteiger partial charge is 0.332 e. The molecule has 0 spiro atoms. The van der Waals surface area contributed by atoms with E-state index in [2.05, 4.69) is 151 Å². The van der Waals surface area contributed by atoms with Crippen LogP contribution in [-0.2, 0) is 21.8 Å². The van der Waals surface area contributed by atoms with Gasteiger partial charge < -0.3 is 4.57 Å². The summed E-state index contributed by atoms with van der Waals surface area (Å²) in [4.78, 5) is 12.2. The van der Waals surface area contributed by atoms with E-state index in [4.69, 9.17) is 0 Å². The van der Waals surface area contributed by atoms with Crippen molar-refractivity contribution in [1.29, 1.82) is 0 Å². The molecule has 0 unspecified atom stereocenters. The van der Waals surface area contributed by atoms with Crippen LogP contribution in [0.15, 0.2) is 91.4 Å². The number of benzene rings is 1. The second kappa shape index (κ2) is 14.9. The van der Waals surface area contributed by atoms with Gasteiger partial charge in [-0.3, -0.25) is 9.97 Å². The van der Waals surface area contributed by atoms with E-state index in [9.17, 15) is 0 Å². The Hall–Kier alpha value is -3.31. The second-order valence-corrected chi connectivity index (χ2v) is 15.9. The first-order valence-corrected chi connectivity index (χ1v) is 16.0. The first kappa shape index (κ1) is 35.9. The standard InChI is InChI=1S/C12H14S.C10H15N.C9H13N.C7H12N2/c1-12(2,3)10-8-13-11-7-5-4-6-9(10)11;1-8-5-9(7-11-6-8)10(2,3)4;1-9(2,3)8-5-4-6-10-7-8;1-7(2,3)9-5-4-8-6-9/h4-8H,1-3H3;5-7H,1-4H3;4-7H,1-3H3;4-6H,1-3H3. The predicted molar refractivity (Wildman–Crippen MR) is 188 cm³/mol. The SMILES string of the molecule is CC(C)(C)c1cccnc1.CC(C)(C)c1csc2ccccc12.CC(C)(C)n1ccnc1.Cc1cncc(C(C)(C)C)c1. The van der Waals surface area contributed by atoms with Gasteiger partial charge in [0.1, 0.15) is 0 Å². The van der Waals surface area contributed by atoms with Crippen molar-refractivity contribution in [2.24, 2.45) is 0 Å². The number of pyridine rings is 2. The highest BCUT2D eigenvalue weighted by molar-refractivity contribution is 7.17. The zero-order valence-corrected chi connectivity index (χ0v) is 29.7. The van der Waals surface area contributed by atoms with Gasteiger partial charge in [0.15, 0.2) is 0 Å². The average Bonchev–Trinajstić information content (AvgIpc) is 3.60. The molecular weight excluding hydrogens is 545 g/mol. The lowest BCUT2D eigenvalue weighted by atomic mass is 9.87. The van der Waals surface area contributed by atoms with Crippen LogP contribution in [-0.4, -0.2) is 19.5 Å². The second-order valence-electron chi connectivity index (χ2n) is 15.0. The molecule has 0 radical (unpaired) electrons. The first-order valence-electron chi connectivity index (χ1n) is 15.1. The van der Waals surface area contributed by atoms with Crippen molar-refractivity contribution in [3.8, 4) is 0 Å². The zero-order valence-electron chi connectivity index (χ0n) is 28.9. The minimum Gasteiger partial charge on any atom is -0.332 e. The van der Waals surface area contributed by atoms with E-state index in [0.29, 0.717) is 0 Å². The molecule has 0 aliphatic heterocycles. The molecule has 0 aliphatic rings. The Balaban J connectivity index is 0.000000202. The predicted octanol–water partition coefficient (Wildman–Crippen LogP) is 10.9. The van der Waals surface area contributed by atoms with E-state index in [1.807, 2.05) is 48.5 Å². The number of fused-ring (bicyclic) bond motifs is 1. The lowest BCUT2D eigenvalue weighted by molar-refractivity contribution is 0.396. The Morgan fingerprint density at radius 1 is 0.628 bits per heavy atom. The Bertz CT molecular complexity index is 1490. The lowest BCUT2D eigenvalue weighted by Gasteiger charge is -2.19. The normalized spacial score (nSPS) is 11.8.